The Bertz CT molecular complexity index is 1400. The van der Waals surface area contributed by atoms with E-state index < -0.39 is 5.63 Å². The van der Waals surface area contributed by atoms with E-state index in [1.165, 1.54) is 18.5 Å². The highest BCUT2D eigenvalue weighted by Gasteiger charge is 2.25. The van der Waals surface area contributed by atoms with E-state index in [1.807, 2.05) is 6.07 Å². The SMILES string of the molecule is O=C(c1cc2cc(Br)ccc2oc1=O)N1CCN(c2cc(-c3ccc(F)cc3)ncn2)CC1. The maximum absolute atomic E-state index is 13.2. The van der Waals surface area contributed by atoms with E-state index in [4.69, 9.17) is 4.42 Å². The van der Waals surface area contributed by atoms with Gasteiger partial charge in [-0.2, -0.15) is 0 Å². The van der Waals surface area contributed by atoms with Crippen molar-refractivity contribution in [3.63, 3.8) is 0 Å². The zero-order valence-corrected chi connectivity index (χ0v) is 19.0. The molecule has 4 aromatic rings. The molecule has 1 aliphatic heterocycles. The van der Waals surface area contributed by atoms with Crippen LogP contribution in [0.4, 0.5) is 10.2 Å². The topological polar surface area (TPSA) is 79.5 Å². The van der Waals surface area contributed by atoms with E-state index in [-0.39, 0.29) is 17.3 Å². The van der Waals surface area contributed by atoms with Crippen LogP contribution in [0.2, 0.25) is 0 Å². The van der Waals surface area contributed by atoms with Gasteiger partial charge in [0.2, 0.25) is 0 Å². The van der Waals surface area contributed by atoms with Crippen LogP contribution >= 0.6 is 15.9 Å². The molecule has 0 spiro atoms. The zero-order chi connectivity index (χ0) is 22.9. The lowest BCUT2D eigenvalue weighted by Crippen LogP contribution is -2.49. The van der Waals surface area contributed by atoms with Crippen molar-refractivity contribution < 1.29 is 13.6 Å². The van der Waals surface area contributed by atoms with Gasteiger partial charge in [-0.1, -0.05) is 15.9 Å². The molecule has 2 aromatic carbocycles. The van der Waals surface area contributed by atoms with Crippen LogP contribution in [0, 0.1) is 5.82 Å². The Kier molecular flexibility index (Phi) is 5.63. The monoisotopic (exact) mass is 508 g/mol. The summed E-state index contributed by atoms with van der Waals surface area (Å²) in [5.74, 6) is 0.0772. The highest BCUT2D eigenvalue weighted by Crippen LogP contribution is 2.23. The summed E-state index contributed by atoms with van der Waals surface area (Å²) < 4.78 is 19.4. The molecule has 0 atom stereocenters. The van der Waals surface area contributed by atoms with Gasteiger partial charge in [-0.25, -0.2) is 19.2 Å². The molecule has 5 rings (SSSR count). The van der Waals surface area contributed by atoms with Gasteiger partial charge in [-0.05, 0) is 48.5 Å². The Balaban J connectivity index is 1.31. The quantitative estimate of drug-likeness (QED) is 0.387. The molecule has 2 aromatic heterocycles. The molecule has 3 heterocycles. The Hall–Kier alpha value is -3.59. The Morgan fingerprint density at radius 3 is 2.48 bits per heavy atom. The van der Waals surface area contributed by atoms with Gasteiger partial charge >= 0.3 is 5.63 Å². The van der Waals surface area contributed by atoms with Crippen molar-refractivity contribution in [1.29, 1.82) is 0 Å². The van der Waals surface area contributed by atoms with Gasteiger partial charge in [-0.3, -0.25) is 4.79 Å². The largest absolute Gasteiger partial charge is 0.422 e. The number of carbonyl (C=O) groups excluding carboxylic acids is 1. The molecular weight excluding hydrogens is 491 g/mol. The highest BCUT2D eigenvalue weighted by atomic mass is 79.9. The summed E-state index contributed by atoms with van der Waals surface area (Å²) in [6, 6.07) is 14.8. The fraction of sp³-hybridized carbons (Fsp3) is 0.167. The second-order valence-electron chi connectivity index (χ2n) is 7.68. The number of nitrogens with zero attached hydrogens (tertiary/aromatic N) is 4. The molecule has 166 valence electrons. The van der Waals surface area contributed by atoms with Crippen LogP contribution in [0.5, 0.6) is 0 Å². The molecule has 0 unspecified atom stereocenters. The van der Waals surface area contributed by atoms with Gasteiger partial charge < -0.3 is 14.2 Å². The Morgan fingerprint density at radius 1 is 0.970 bits per heavy atom. The van der Waals surface area contributed by atoms with Gasteiger partial charge in [0.05, 0.1) is 5.69 Å². The predicted molar refractivity (Wildman–Crippen MR) is 126 cm³/mol. The lowest BCUT2D eigenvalue weighted by atomic mass is 10.1. The molecule has 7 nitrogen and oxygen atoms in total. The summed E-state index contributed by atoms with van der Waals surface area (Å²) in [6.07, 6.45) is 1.48. The number of aromatic nitrogens is 2. The minimum absolute atomic E-state index is 0.0229. The zero-order valence-electron chi connectivity index (χ0n) is 17.4. The van der Waals surface area contributed by atoms with Crippen molar-refractivity contribution >= 4 is 38.6 Å². The number of carbonyl (C=O) groups is 1. The Morgan fingerprint density at radius 2 is 1.73 bits per heavy atom. The van der Waals surface area contributed by atoms with Crippen molar-refractivity contribution in [2.24, 2.45) is 0 Å². The van der Waals surface area contributed by atoms with Crippen molar-refractivity contribution in [2.75, 3.05) is 31.1 Å². The third-order valence-electron chi connectivity index (χ3n) is 5.61. The van der Waals surface area contributed by atoms with Crippen molar-refractivity contribution in [2.45, 2.75) is 0 Å². The van der Waals surface area contributed by atoms with Gasteiger partial charge in [-0.15, -0.1) is 0 Å². The maximum atomic E-state index is 13.2. The summed E-state index contributed by atoms with van der Waals surface area (Å²) in [6.45, 7) is 1.97. The minimum atomic E-state index is -0.642. The van der Waals surface area contributed by atoms with Gasteiger partial charge in [0.25, 0.3) is 5.91 Å². The number of anilines is 1. The van der Waals surface area contributed by atoms with Gasteiger partial charge in [0.1, 0.15) is 29.1 Å². The number of hydrogen-bond acceptors (Lipinski definition) is 6. The smallest absolute Gasteiger partial charge is 0.349 e. The van der Waals surface area contributed by atoms with E-state index in [0.29, 0.717) is 42.8 Å². The molecular formula is C24H18BrFN4O3. The van der Waals surface area contributed by atoms with Crippen LogP contribution in [-0.2, 0) is 0 Å². The summed E-state index contributed by atoms with van der Waals surface area (Å²) >= 11 is 3.39. The third-order valence-corrected chi connectivity index (χ3v) is 6.10. The van der Waals surface area contributed by atoms with E-state index in [1.54, 1.807) is 41.3 Å². The van der Waals surface area contributed by atoms with E-state index in [9.17, 15) is 14.0 Å². The van der Waals surface area contributed by atoms with Crippen molar-refractivity contribution in [3.8, 4) is 11.3 Å². The first-order valence-electron chi connectivity index (χ1n) is 10.3. The number of fused-ring (bicyclic) bond motifs is 1. The third kappa shape index (κ3) is 4.36. The molecule has 0 saturated carbocycles. The van der Waals surface area contributed by atoms with Crippen LogP contribution in [0.3, 0.4) is 0 Å². The molecule has 0 aliphatic carbocycles. The molecule has 0 N–H and O–H groups in total. The first-order valence-corrected chi connectivity index (χ1v) is 11.1. The molecule has 0 radical (unpaired) electrons. The molecule has 1 saturated heterocycles. The van der Waals surface area contributed by atoms with Crippen LogP contribution < -0.4 is 10.5 Å². The van der Waals surface area contributed by atoms with E-state index >= 15 is 0 Å². The van der Waals surface area contributed by atoms with Crippen molar-refractivity contribution in [3.05, 3.63) is 87.2 Å². The van der Waals surface area contributed by atoms with Gasteiger partial charge in [0.15, 0.2) is 0 Å². The summed E-state index contributed by atoms with van der Waals surface area (Å²) in [5, 5.41) is 0.681. The molecule has 1 aliphatic rings. The van der Waals surface area contributed by atoms with Gasteiger partial charge in [0, 0.05) is 47.7 Å². The fourth-order valence-electron chi connectivity index (χ4n) is 3.85. The first-order chi connectivity index (χ1) is 16.0. The molecule has 9 heteroatoms. The van der Waals surface area contributed by atoms with E-state index in [0.717, 1.165) is 15.9 Å². The molecule has 1 fully saturated rings. The number of benzene rings is 2. The molecule has 0 bridgehead atoms. The number of halogens is 2. The number of amides is 1. The standard InChI is InChI=1S/C24H18BrFN4O3/c25-17-3-6-21-16(11-17)12-19(24(32)33-21)23(31)30-9-7-29(8-10-30)22-13-20(27-14-28-22)15-1-4-18(26)5-2-15/h1-6,11-14H,7-10H2. The second-order valence-corrected chi connectivity index (χ2v) is 8.59. The summed E-state index contributed by atoms with van der Waals surface area (Å²) in [5.41, 5.74) is 1.30. The number of hydrogen-bond donors (Lipinski definition) is 0. The Labute approximate surface area is 196 Å². The summed E-state index contributed by atoms with van der Waals surface area (Å²) in [4.78, 5) is 37.8. The second kappa shape index (κ2) is 8.74. The maximum Gasteiger partial charge on any atom is 0.349 e. The first kappa shape index (κ1) is 21.3. The average Bonchev–Trinajstić information content (AvgIpc) is 2.84. The van der Waals surface area contributed by atoms with Crippen LogP contribution in [0.25, 0.3) is 22.2 Å². The van der Waals surface area contributed by atoms with E-state index in [2.05, 4.69) is 30.8 Å². The normalized spacial score (nSPS) is 14.0. The summed E-state index contributed by atoms with van der Waals surface area (Å²) in [7, 11) is 0. The lowest BCUT2D eigenvalue weighted by Gasteiger charge is -2.35. The van der Waals surface area contributed by atoms with Crippen LogP contribution in [0.15, 0.2) is 74.6 Å². The molecule has 33 heavy (non-hydrogen) atoms. The van der Waals surface area contributed by atoms with Crippen LogP contribution in [-0.4, -0.2) is 47.0 Å². The average molecular weight is 509 g/mol. The highest BCUT2D eigenvalue weighted by molar-refractivity contribution is 9.10. The minimum Gasteiger partial charge on any atom is -0.422 e. The lowest BCUT2D eigenvalue weighted by molar-refractivity contribution is 0.0742. The van der Waals surface area contributed by atoms with Crippen LogP contribution in [0.1, 0.15) is 10.4 Å². The van der Waals surface area contributed by atoms with Crippen molar-refractivity contribution in [1.82, 2.24) is 14.9 Å². The molecule has 1 amide bonds. The number of rotatable bonds is 3. The number of piperazine rings is 1. The fourth-order valence-corrected chi connectivity index (χ4v) is 4.23. The predicted octanol–water partition coefficient (Wildman–Crippen LogP) is 4.11.